The van der Waals surface area contributed by atoms with Crippen molar-refractivity contribution in [3.05, 3.63) is 70.8 Å². The van der Waals surface area contributed by atoms with Gasteiger partial charge in [0, 0.05) is 16.6 Å². The molecule has 0 aliphatic carbocycles. The van der Waals surface area contributed by atoms with Gasteiger partial charge in [0.05, 0.1) is 5.39 Å². The number of rotatable bonds is 3. The first-order chi connectivity index (χ1) is 11.7. The SMILES string of the molecule is Cc1ccc(Nc2nc(Cl)nc3scc(-c4ccccc4)c23)cc1. The maximum absolute atomic E-state index is 6.11. The molecule has 2 aromatic heterocycles. The van der Waals surface area contributed by atoms with E-state index in [1.165, 1.54) is 5.56 Å². The smallest absolute Gasteiger partial charge is 0.225 e. The molecule has 0 atom stereocenters. The molecule has 2 heterocycles. The molecule has 0 aliphatic heterocycles. The fourth-order valence-electron chi connectivity index (χ4n) is 2.61. The van der Waals surface area contributed by atoms with Crippen molar-refractivity contribution < 1.29 is 0 Å². The lowest BCUT2D eigenvalue weighted by Gasteiger charge is -2.09. The summed E-state index contributed by atoms with van der Waals surface area (Å²) in [6.07, 6.45) is 0. The van der Waals surface area contributed by atoms with Crippen molar-refractivity contribution in [3.8, 4) is 11.1 Å². The van der Waals surface area contributed by atoms with E-state index in [1.54, 1.807) is 11.3 Å². The van der Waals surface area contributed by atoms with E-state index < -0.39 is 0 Å². The molecule has 2 aromatic carbocycles. The average molecular weight is 352 g/mol. The summed E-state index contributed by atoms with van der Waals surface area (Å²) in [7, 11) is 0. The molecule has 24 heavy (non-hydrogen) atoms. The van der Waals surface area contributed by atoms with Crippen LogP contribution in [0.4, 0.5) is 11.5 Å². The second kappa shape index (κ2) is 6.23. The Bertz CT molecular complexity index is 994. The van der Waals surface area contributed by atoms with Crippen LogP contribution in [0.2, 0.25) is 5.28 Å². The molecule has 118 valence electrons. The number of thiophene rings is 1. The molecule has 3 nitrogen and oxygen atoms in total. The van der Waals surface area contributed by atoms with E-state index in [4.69, 9.17) is 11.6 Å². The predicted octanol–water partition coefficient (Wildman–Crippen LogP) is 6.06. The molecular formula is C19H14ClN3S. The third-order valence-electron chi connectivity index (χ3n) is 3.81. The van der Waals surface area contributed by atoms with Gasteiger partial charge in [0.15, 0.2) is 0 Å². The second-order valence-electron chi connectivity index (χ2n) is 5.53. The van der Waals surface area contributed by atoms with E-state index >= 15 is 0 Å². The van der Waals surface area contributed by atoms with Crippen molar-refractivity contribution in [1.82, 2.24) is 9.97 Å². The van der Waals surface area contributed by atoms with Gasteiger partial charge in [-0.2, -0.15) is 4.98 Å². The number of nitrogens with one attached hydrogen (secondary N) is 1. The maximum Gasteiger partial charge on any atom is 0.225 e. The minimum atomic E-state index is 0.249. The number of fused-ring (bicyclic) bond motifs is 1. The molecule has 0 fully saturated rings. The molecule has 1 N–H and O–H groups in total. The standard InChI is InChI=1S/C19H14ClN3S/c1-12-7-9-14(10-8-12)21-17-16-15(13-5-3-2-4-6-13)11-24-18(16)23-19(20)22-17/h2-11H,1H3,(H,21,22,23). The number of anilines is 2. The highest BCUT2D eigenvalue weighted by molar-refractivity contribution is 7.17. The summed E-state index contributed by atoms with van der Waals surface area (Å²) in [6.45, 7) is 2.07. The number of aromatic nitrogens is 2. The zero-order valence-corrected chi connectivity index (χ0v) is 14.5. The van der Waals surface area contributed by atoms with Crippen LogP contribution in [0.1, 0.15) is 5.56 Å². The zero-order valence-electron chi connectivity index (χ0n) is 13.0. The molecule has 4 aromatic rings. The van der Waals surface area contributed by atoms with Crippen LogP contribution in [0.3, 0.4) is 0 Å². The lowest BCUT2D eigenvalue weighted by Crippen LogP contribution is -1.96. The van der Waals surface area contributed by atoms with Gasteiger partial charge in [0.1, 0.15) is 10.6 Å². The summed E-state index contributed by atoms with van der Waals surface area (Å²) in [6, 6.07) is 18.4. The molecule has 4 rings (SSSR count). The van der Waals surface area contributed by atoms with Gasteiger partial charge >= 0.3 is 0 Å². The van der Waals surface area contributed by atoms with E-state index in [0.29, 0.717) is 0 Å². The van der Waals surface area contributed by atoms with Gasteiger partial charge in [-0.15, -0.1) is 11.3 Å². The summed E-state index contributed by atoms with van der Waals surface area (Å²) < 4.78 is 0. The van der Waals surface area contributed by atoms with Gasteiger partial charge in [0.2, 0.25) is 5.28 Å². The number of benzene rings is 2. The van der Waals surface area contributed by atoms with E-state index in [1.807, 2.05) is 30.3 Å². The van der Waals surface area contributed by atoms with Crippen molar-refractivity contribution in [2.45, 2.75) is 6.92 Å². The van der Waals surface area contributed by atoms with Crippen LogP contribution in [0, 0.1) is 6.92 Å². The van der Waals surface area contributed by atoms with Crippen LogP contribution in [-0.4, -0.2) is 9.97 Å². The van der Waals surface area contributed by atoms with Crippen LogP contribution in [-0.2, 0) is 0 Å². The minimum Gasteiger partial charge on any atom is -0.340 e. The largest absolute Gasteiger partial charge is 0.340 e. The molecule has 0 radical (unpaired) electrons. The normalized spacial score (nSPS) is 10.9. The topological polar surface area (TPSA) is 37.8 Å². The Labute approximate surface area is 149 Å². The van der Waals surface area contributed by atoms with Crippen molar-refractivity contribution in [3.63, 3.8) is 0 Å². The quantitative estimate of drug-likeness (QED) is 0.455. The van der Waals surface area contributed by atoms with Gasteiger partial charge in [-0.3, -0.25) is 0 Å². The Kier molecular flexibility index (Phi) is 3.92. The lowest BCUT2D eigenvalue weighted by molar-refractivity contribution is 1.23. The van der Waals surface area contributed by atoms with Crippen LogP contribution < -0.4 is 5.32 Å². The third-order valence-corrected chi connectivity index (χ3v) is 4.85. The third kappa shape index (κ3) is 2.86. The fraction of sp³-hybridized carbons (Fsp3) is 0.0526. The van der Waals surface area contributed by atoms with Crippen LogP contribution >= 0.6 is 22.9 Å². The van der Waals surface area contributed by atoms with E-state index in [2.05, 4.69) is 51.9 Å². The van der Waals surface area contributed by atoms with Crippen LogP contribution in [0.5, 0.6) is 0 Å². The summed E-state index contributed by atoms with van der Waals surface area (Å²) in [5.41, 5.74) is 4.44. The summed E-state index contributed by atoms with van der Waals surface area (Å²) in [4.78, 5) is 9.68. The molecule has 0 aliphatic rings. The number of hydrogen-bond donors (Lipinski definition) is 1. The number of halogens is 1. The molecule has 0 saturated carbocycles. The summed E-state index contributed by atoms with van der Waals surface area (Å²) in [5, 5.41) is 6.73. The number of hydrogen-bond acceptors (Lipinski definition) is 4. The molecule has 0 amide bonds. The first-order valence-electron chi connectivity index (χ1n) is 7.54. The van der Waals surface area contributed by atoms with Crippen molar-refractivity contribution in [2.75, 3.05) is 5.32 Å². The Morgan fingerprint density at radius 2 is 1.71 bits per heavy atom. The Morgan fingerprint density at radius 1 is 0.958 bits per heavy atom. The molecule has 0 spiro atoms. The average Bonchev–Trinajstić information content (AvgIpc) is 3.01. The first kappa shape index (κ1) is 15.1. The van der Waals surface area contributed by atoms with E-state index in [-0.39, 0.29) is 5.28 Å². The number of aryl methyl sites for hydroxylation is 1. The molecule has 0 bridgehead atoms. The van der Waals surface area contributed by atoms with Gasteiger partial charge < -0.3 is 5.32 Å². The van der Waals surface area contributed by atoms with Crippen LogP contribution in [0.25, 0.3) is 21.3 Å². The summed E-state index contributed by atoms with van der Waals surface area (Å²) in [5.74, 6) is 0.731. The number of nitrogens with zero attached hydrogens (tertiary/aromatic N) is 2. The second-order valence-corrected chi connectivity index (χ2v) is 6.72. The van der Waals surface area contributed by atoms with Crippen molar-refractivity contribution in [1.29, 1.82) is 0 Å². The minimum absolute atomic E-state index is 0.249. The Morgan fingerprint density at radius 3 is 2.46 bits per heavy atom. The zero-order chi connectivity index (χ0) is 16.5. The van der Waals surface area contributed by atoms with E-state index in [0.717, 1.165) is 32.8 Å². The van der Waals surface area contributed by atoms with Crippen LogP contribution in [0.15, 0.2) is 60.0 Å². The van der Waals surface area contributed by atoms with Gasteiger partial charge in [-0.05, 0) is 36.2 Å². The maximum atomic E-state index is 6.11. The Hall–Kier alpha value is -2.43. The highest BCUT2D eigenvalue weighted by Gasteiger charge is 2.15. The van der Waals surface area contributed by atoms with Crippen molar-refractivity contribution >= 4 is 44.7 Å². The molecule has 0 saturated heterocycles. The fourth-order valence-corrected chi connectivity index (χ4v) is 3.78. The highest BCUT2D eigenvalue weighted by atomic mass is 35.5. The molecular weight excluding hydrogens is 338 g/mol. The van der Waals surface area contributed by atoms with Crippen molar-refractivity contribution in [2.24, 2.45) is 0 Å². The molecule has 0 unspecified atom stereocenters. The van der Waals surface area contributed by atoms with Gasteiger partial charge in [-0.25, -0.2) is 4.98 Å². The molecule has 5 heteroatoms. The monoisotopic (exact) mass is 351 g/mol. The van der Waals surface area contributed by atoms with Gasteiger partial charge in [0.25, 0.3) is 0 Å². The predicted molar refractivity (Wildman–Crippen MR) is 102 cm³/mol. The highest BCUT2D eigenvalue weighted by Crippen LogP contribution is 2.38. The summed E-state index contributed by atoms with van der Waals surface area (Å²) >= 11 is 7.69. The van der Waals surface area contributed by atoms with Gasteiger partial charge in [-0.1, -0.05) is 48.0 Å². The first-order valence-corrected chi connectivity index (χ1v) is 8.80. The van der Waals surface area contributed by atoms with E-state index in [9.17, 15) is 0 Å². The lowest BCUT2D eigenvalue weighted by atomic mass is 10.1. The Balaban J connectivity index is 1.87.